The summed E-state index contributed by atoms with van der Waals surface area (Å²) < 4.78 is 11.9. The molecule has 55 heavy (non-hydrogen) atoms. The molecule has 0 amide bonds. The van der Waals surface area contributed by atoms with Crippen molar-refractivity contribution in [1.29, 1.82) is 0 Å². The third-order valence-electron chi connectivity index (χ3n) is 11.2. The maximum absolute atomic E-state index is 12.7. The molecule has 0 radical (unpaired) electrons. The summed E-state index contributed by atoms with van der Waals surface area (Å²) in [6.45, 7) is 12.3. The van der Waals surface area contributed by atoms with Gasteiger partial charge >= 0.3 is 11.9 Å². The van der Waals surface area contributed by atoms with Crippen molar-refractivity contribution in [1.82, 2.24) is 4.90 Å². The number of carbonyl (C=O) groups is 2. The molecule has 0 bridgehead atoms. The predicted octanol–water partition coefficient (Wildman–Crippen LogP) is 14.9. The normalized spacial score (nSPS) is 12.0. The highest BCUT2D eigenvalue weighted by Crippen LogP contribution is 2.19. The van der Waals surface area contributed by atoms with E-state index in [4.69, 9.17) is 9.47 Å². The van der Waals surface area contributed by atoms with Crippen molar-refractivity contribution in [2.75, 3.05) is 26.2 Å². The van der Waals surface area contributed by atoms with Gasteiger partial charge < -0.3 is 19.5 Å². The van der Waals surface area contributed by atoms with Crippen LogP contribution in [0, 0.1) is 0 Å². The van der Waals surface area contributed by atoms with Gasteiger partial charge in [-0.2, -0.15) is 0 Å². The second-order valence-electron chi connectivity index (χ2n) is 16.6. The Morgan fingerprint density at radius 3 is 1.07 bits per heavy atom. The molecule has 0 rings (SSSR count). The molecule has 0 aliphatic heterocycles. The van der Waals surface area contributed by atoms with Crippen LogP contribution in [0.15, 0.2) is 0 Å². The number of carbonyl (C=O) groups excluding carboxylic acids is 2. The van der Waals surface area contributed by atoms with Gasteiger partial charge in [0.2, 0.25) is 0 Å². The van der Waals surface area contributed by atoms with Gasteiger partial charge in [0, 0.05) is 26.0 Å². The molecule has 0 saturated heterocycles. The quantitative estimate of drug-likeness (QED) is 0.0490. The maximum atomic E-state index is 12.7. The fourth-order valence-electron chi connectivity index (χ4n) is 7.69. The van der Waals surface area contributed by atoms with Gasteiger partial charge in [0.25, 0.3) is 0 Å². The molecule has 0 saturated carbocycles. The molecule has 6 nitrogen and oxygen atoms in total. The molecule has 0 spiro atoms. The Hall–Kier alpha value is -1.14. The predicted molar refractivity (Wildman–Crippen MR) is 239 cm³/mol. The Morgan fingerprint density at radius 2 is 0.709 bits per heavy atom. The standard InChI is InChI=1S/C48H95NO5.CH4/c1-5-9-12-15-20-27-36-45(35-8-4)53-47(51)39-30-23-18-25-32-41-49(43-34-44-50)42-33-26-19-24-31-40-48(52)54-46(37-28-21-16-13-10-6-2)38-29-22-17-14-11-7-3;/h45-46,50H,5-44H2,1-4H3;1H4. The lowest BCUT2D eigenvalue weighted by Gasteiger charge is -2.22. The van der Waals surface area contributed by atoms with Crippen LogP contribution >= 0.6 is 0 Å². The van der Waals surface area contributed by atoms with Crippen molar-refractivity contribution in [3.8, 4) is 0 Å². The van der Waals surface area contributed by atoms with E-state index in [1.165, 1.54) is 154 Å². The van der Waals surface area contributed by atoms with Crippen molar-refractivity contribution in [2.45, 2.75) is 278 Å². The fraction of sp³-hybridized carbons (Fsp3) is 0.959. The summed E-state index contributed by atoms with van der Waals surface area (Å²) in [6, 6.07) is 0. The van der Waals surface area contributed by atoms with Crippen molar-refractivity contribution in [2.24, 2.45) is 0 Å². The molecule has 1 N–H and O–H groups in total. The summed E-state index contributed by atoms with van der Waals surface area (Å²) in [5.41, 5.74) is 0. The number of rotatable bonds is 44. The highest BCUT2D eigenvalue weighted by Gasteiger charge is 2.15. The van der Waals surface area contributed by atoms with Crippen LogP contribution < -0.4 is 0 Å². The largest absolute Gasteiger partial charge is 0.462 e. The summed E-state index contributed by atoms with van der Waals surface area (Å²) in [7, 11) is 0. The first-order valence-corrected chi connectivity index (χ1v) is 24.2. The van der Waals surface area contributed by atoms with Gasteiger partial charge in [-0.25, -0.2) is 0 Å². The van der Waals surface area contributed by atoms with Crippen molar-refractivity contribution >= 4 is 11.9 Å². The number of nitrogens with zero attached hydrogens (tertiary/aromatic N) is 1. The zero-order valence-corrected chi connectivity index (χ0v) is 37.0. The molecule has 6 heteroatoms. The molecular weight excluding hydrogens is 683 g/mol. The molecule has 0 fully saturated rings. The number of aliphatic hydroxyl groups is 1. The smallest absolute Gasteiger partial charge is 0.306 e. The lowest BCUT2D eigenvalue weighted by atomic mass is 10.0. The molecule has 0 aliphatic carbocycles. The van der Waals surface area contributed by atoms with Crippen LogP contribution in [0.1, 0.15) is 266 Å². The monoisotopic (exact) mass is 782 g/mol. The average molecular weight is 782 g/mol. The molecule has 0 heterocycles. The topological polar surface area (TPSA) is 76.1 Å². The minimum Gasteiger partial charge on any atom is -0.462 e. The van der Waals surface area contributed by atoms with E-state index < -0.39 is 0 Å². The average Bonchev–Trinajstić information content (AvgIpc) is 3.16. The maximum Gasteiger partial charge on any atom is 0.306 e. The molecule has 0 aliphatic rings. The van der Waals surface area contributed by atoms with E-state index in [0.29, 0.717) is 12.8 Å². The second-order valence-corrected chi connectivity index (χ2v) is 16.6. The molecule has 0 aromatic carbocycles. The van der Waals surface area contributed by atoms with E-state index in [9.17, 15) is 14.7 Å². The van der Waals surface area contributed by atoms with E-state index >= 15 is 0 Å². The number of aliphatic hydroxyl groups excluding tert-OH is 1. The SMILES string of the molecule is C.CCCCCCCCC(CCC)OC(=O)CCCCCCCN(CCCO)CCCCCCCC(=O)OC(CCCCCCCC)CCCCCCCC. The second kappa shape index (κ2) is 45.6. The lowest BCUT2D eigenvalue weighted by molar-refractivity contribution is -0.151. The summed E-state index contributed by atoms with van der Waals surface area (Å²) >= 11 is 0. The Kier molecular flexibility index (Phi) is 46.4. The van der Waals surface area contributed by atoms with Crippen LogP contribution in [-0.4, -0.2) is 60.4 Å². The van der Waals surface area contributed by atoms with Crippen molar-refractivity contribution < 1.29 is 24.2 Å². The van der Waals surface area contributed by atoms with Crippen LogP contribution in [-0.2, 0) is 19.1 Å². The van der Waals surface area contributed by atoms with Gasteiger partial charge in [-0.3, -0.25) is 9.59 Å². The summed E-state index contributed by atoms with van der Waals surface area (Å²) in [6.07, 6.45) is 41.5. The van der Waals surface area contributed by atoms with Gasteiger partial charge in [-0.05, 0) is 90.1 Å². The van der Waals surface area contributed by atoms with Crippen LogP contribution in [0.3, 0.4) is 0 Å². The molecule has 330 valence electrons. The Balaban J connectivity index is 0. The van der Waals surface area contributed by atoms with E-state index in [-0.39, 0.29) is 38.2 Å². The van der Waals surface area contributed by atoms with Gasteiger partial charge in [-0.15, -0.1) is 0 Å². The van der Waals surface area contributed by atoms with Crippen LogP contribution in [0.25, 0.3) is 0 Å². The van der Waals surface area contributed by atoms with E-state index in [1.807, 2.05) is 0 Å². The Bertz CT molecular complexity index is 760. The molecular formula is C49H99NO5. The summed E-state index contributed by atoms with van der Waals surface area (Å²) in [4.78, 5) is 27.8. The van der Waals surface area contributed by atoms with Crippen molar-refractivity contribution in [3.63, 3.8) is 0 Å². The van der Waals surface area contributed by atoms with Gasteiger partial charge in [0.15, 0.2) is 0 Å². The Morgan fingerprint density at radius 1 is 0.400 bits per heavy atom. The third-order valence-corrected chi connectivity index (χ3v) is 11.2. The number of hydrogen-bond donors (Lipinski definition) is 1. The molecule has 1 atom stereocenters. The first-order chi connectivity index (χ1) is 26.5. The van der Waals surface area contributed by atoms with E-state index in [0.717, 1.165) is 83.8 Å². The minimum atomic E-state index is 0. The summed E-state index contributed by atoms with van der Waals surface area (Å²) in [5.74, 6) is 0.0206. The molecule has 0 aromatic rings. The van der Waals surface area contributed by atoms with Gasteiger partial charge in [0.05, 0.1) is 0 Å². The first kappa shape index (κ1) is 56.0. The molecule has 1 unspecified atom stereocenters. The molecule has 0 aromatic heterocycles. The first-order valence-electron chi connectivity index (χ1n) is 24.2. The minimum absolute atomic E-state index is 0. The number of ether oxygens (including phenoxy) is 2. The van der Waals surface area contributed by atoms with Crippen LogP contribution in [0.2, 0.25) is 0 Å². The van der Waals surface area contributed by atoms with E-state index in [1.54, 1.807) is 0 Å². The highest BCUT2D eigenvalue weighted by molar-refractivity contribution is 5.69. The Labute approximate surface area is 344 Å². The number of esters is 2. The van der Waals surface area contributed by atoms with E-state index in [2.05, 4.69) is 32.6 Å². The lowest BCUT2D eigenvalue weighted by Crippen LogP contribution is -2.27. The van der Waals surface area contributed by atoms with Gasteiger partial charge in [-0.1, -0.05) is 176 Å². The number of hydrogen-bond acceptors (Lipinski definition) is 6. The zero-order valence-electron chi connectivity index (χ0n) is 37.0. The van der Waals surface area contributed by atoms with Crippen LogP contribution in [0.4, 0.5) is 0 Å². The van der Waals surface area contributed by atoms with Crippen molar-refractivity contribution in [3.05, 3.63) is 0 Å². The van der Waals surface area contributed by atoms with Crippen LogP contribution in [0.5, 0.6) is 0 Å². The summed E-state index contributed by atoms with van der Waals surface area (Å²) in [5, 5.41) is 9.43. The zero-order chi connectivity index (χ0) is 39.6. The fourth-order valence-corrected chi connectivity index (χ4v) is 7.69. The third kappa shape index (κ3) is 40.8. The highest BCUT2D eigenvalue weighted by atomic mass is 16.5. The number of unbranched alkanes of at least 4 members (excludes halogenated alkanes) is 23. The van der Waals surface area contributed by atoms with Gasteiger partial charge in [0.1, 0.15) is 12.2 Å².